The Kier molecular flexibility index (Phi) is 3.50. The van der Waals surface area contributed by atoms with Gasteiger partial charge in [0.25, 0.3) is 0 Å². The van der Waals surface area contributed by atoms with E-state index in [2.05, 4.69) is 51.3 Å². The summed E-state index contributed by atoms with van der Waals surface area (Å²) >= 11 is 3.48. The first-order valence-corrected chi connectivity index (χ1v) is 8.21. The van der Waals surface area contributed by atoms with Gasteiger partial charge < -0.3 is 0 Å². The Balaban J connectivity index is 1.79. The van der Waals surface area contributed by atoms with E-state index in [1.807, 2.05) is 48.3 Å². The molecule has 0 aromatic heterocycles. The number of nitrogens with zero attached hydrogens (tertiary/aromatic N) is 4. The smallest absolute Gasteiger partial charge is 0.223 e. The largest absolute Gasteiger partial charge is 0.289 e. The number of para-hydroxylation sites is 1. The third-order valence-electron chi connectivity index (χ3n) is 3.83. The number of anilines is 1. The van der Waals surface area contributed by atoms with Gasteiger partial charge in [0.15, 0.2) is 5.84 Å². The molecule has 1 unspecified atom stereocenters. The molecule has 0 spiro atoms. The molecule has 5 heteroatoms. The second-order valence-electron chi connectivity index (χ2n) is 5.45. The number of benzene rings is 2. The number of fused-ring (bicyclic) bond motifs is 1. The molecule has 114 valence electrons. The summed E-state index contributed by atoms with van der Waals surface area (Å²) < 4.78 is 1.05. The van der Waals surface area contributed by atoms with Gasteiger partial charge in [-0.25, -0.2) is 10.0 Å². The SMILES string of the molecule is CC1=NC2N(C=C1)C(c1ccc(Br)cc1)=NN2c1ccccc1. The van der Waals surface area contributed by atoms with Crippen LogP contribution in [0.3, 0.4) is 0 Å². The first-order chi connectivity index (χ1) is 11.2. The minimum Gasteiger partial charge on any atom is -0.289 e. The van der Waals surface area contributed by atoms with Crippen LogP contribution in [0.1, 0.15) is 12.5 Å². The monoisotopic (exact) mass is 366 g/mol. The number of allylic oxidation sites excluding steroid dienone is 1. The van der Waals surface area contributed by atoms with Crippen LogP contribution in [0.2, 0.25) is 0 Å². The number of aliphatic imine (C=N–C) groups is 1. The number of hydrazone groups is 1. The van der Waals surface area contributed by atoms with Crippen molar-refractivity contribution in [1.29, 1.82) is 0 Å². The maximum Gasteiger partial charge on any atom is 0.223 e. The molecule has 4 nitrogen and oxygen atoms in total. The molecule has 0 radical (unpaired) electrons. The van der Waals surface area contributed by atoms with Crippen LogP contribution >= 0.6 is 15.9 Å². The van der Waals surface area contributed by atoms with Crippen molar-refractivity contribution in [3.63, 3.8) is 0 Å². The molecule has 0 saturated carbocycles. The van der Waals surface area contributed by atoms with E-state index in [-0.39, 0.29) is 6.29 Å². The zero-order chi connectivity index (χ0) is 15.8. The number of rotatable bonds is 2. The van der Waals surface area contributed by atoms with Crippen molar-refractivity contribution in [2.45, 2.75) is 13.2 Å². The highest BCUT2D eigenvalue weighted by atomic mass is 79.9. The maximum absolute atomic E-state index is 4.84. The molecular weight excluding hydrogens is 352 g/mol. The zero-order valence-electron chi connectivity index (χ0n) is 12.6. The van der Waals surface area contributed by atoms with Crippen LogP contribution in [0.25, 0.3) is 0 Å². The molecule has 2 aromatic carbocycles. The molecular formula is C18H15BrN4. The second kappa shape index (κ2) is 5.66. The van der Waals surface area contributed by atoms with Crippen LogP contribution in [-0.4, -0.2) is 22.7 Å². The topological polar surface area (TPSA) is 31.2 Å². The summed E-state index contributed by atoms with van der Waals surface area (Å²) in [5, 5.41) is 6.80. The standard InChI is InChI=1S/C18H15BrN4/c1-13-11-12-22-17(14-7-9-15(19)10-8-14)21-23(18(22)20-13)16-5-3-2-4-6-16/h2-12,18H,1H3. The van der Waals surface area contributed by atoms with Crippen LogP contribution in [0.5, 0.6) is 0 Å². The zero-order valence-corrected chi connectivity index (χ0v) is 14.2. The molecule has 0 aliphatic carbocycles. The van der Waals surface area contributed by atoms with E-state index in [1.165, 1.54) is 0 Å². The van der Waals surface area contributed by atoms with Crippen LogP contribution in [0.15, 0.2) is 81.4 Å². The Bertz CT molecular complexity index is 809. The van der Waals surface area contributed by atoms with Gasteiger partial charge in [0.2, 0.25) is 6.29 Å². The molecule has 2 aromatic rings. The first-order valence-electron chi connectivity index (χ1n) is 7.42. The van der Waals surface area contributed by atoms with Gasteiger partial charge in [-0.2, -0.15) is 0 Å². The van der Waals surface area contributed by atoms with Crippen LogP contribution in [0, 0.1) is 0 Å². The molecule has 0 amide bonds. The number of halogens is 1. The fourth-order valence-electron chi connectivity index (χ4n) is 2.69. The third-order valence-corrected chi connectivity index (χ3v) is 4.36. The van der Waals surface area contributed by atoms with E-state index in [0.29, 0.717) is 0 Å². The minimum atomic E-state index is -0.166. The van der Waals surface area contributed by atoms with E-state index in [1.54, 1.807) is 0 Å². The number of hydrogen-bond donors (Lipinski definition) is 0. The first kappa shape index (κ1) is 14.2. The van der Waals surface area contributed by atoms with Crippen LogP contribution in [-0.2, 0) is 0 Å². The Morgan fingerprint density at radius 1 is 1.00 bits per heavy atom. The fraction of sp³-hybridized carbons (Fsp3) is 0.111. The van der Waals surface area contributed by atoms with Gasteiger partial charge in [0.05, 0.1) is 5.69 Å². The molecule has 4 rings (SSSR count). The van der Waals surface area contributed by atoms with Gasteiger partial charge in [-0.05, 0) is 37.3 Å². The summed E-state index contributed by atoms with van der Waals surface area (Å²) in [6, 6.07) is 18.3. The summed E-state index contributed by atoms with van der Waals surface area (Å²) in [7, 11) is 0. The lowest BCUT2D eigenvalue weighted by atomic mass is 10.2. The third kappa shape index (κ3) is 2.57. The summed E-state index contributed by atoms with van der Waals surface area (Å²) in [4.78, 5) is 6.85. The average molecular weight is 367 g/mol. The van der Waals surface area contributed by atoms with Crippen molar-refractivity contribution in [3.8, 4) is 0 Å². The highest BCUT2D eigenvalue weighted by Crippen LogP contribution is 2.30. The van der Waals surface area contributed by atoms with Gasteiger partial charge in [0, 0.05) is 21.9 Å². The van der Waals surface area contributed by atoms with Crippen molar-refractivity contribution in [2.75, 3.05) is 5.01 Å². The second-order valence-corrected chi connectivity index (χ2v) is 6.37. The van der Waals surface area contributed by atoms with E-state index in [4.69, 9.17) is 10.1 Å². The maximum atomic E-state index is 4.84. The summed E-state index contributed by atoms with van der Waals surface area (Å²) in [5.41, 5.74) is 3.09. The molecule has 2 heterocycles. The van der Waals surface area contributed by atoms with E-state index in [9.17, 15) is 0 Å². The van der Waals surface area contributed by atoms with Gasteiger partial charge in [0.1, 0.15) is 0 Å². The molecule has 23 heavy (non-hydrogen) atoms. The normalized spacial score (nSPS) is 19.5. The molecule has 0 saturated heterocycles. The van der Waals surface area contributed by atoms with Crippen LogP contribution in [0.4, 0.5) is 5.69 Å². The molecule has 0 N–H and O–H groups in total. The Hall–Kier alpha value is -2.40. The molecule has 2 aliphatic heterocycles. The summed E-state index contributed by atoms with van der Waals surface area (Å²) in [6.07, 6.45) is 3.90. The van der Waals surface area contributed by atoms with Crippen molar-refractivity contribution in [3.05, 3.63) is 76.9 Å². The number of amidine groups is 1. The van der Waals surface area contributed by atoms with Crippen molar-refractivity contribution in [1.82, 2.24) is 4.90 Å². The highest BCUT2D eigenvalue weighted by Gasteiger charge is 2.35. The van der Waals surface area contributed by atoms with E-state index < -0.39 is 0 Å². The van der Waals surface area contributed by atoms with Gasteiger partial charge in [-0.3, -0.25) is 4.90 Å². The van der Waals surface area contributed by atoms with Crippen molar-refractivity contribution < 1.29 is 0 Å². The van der Waals surface area contributed by atoms with E-state index in [0.717, 1.165) is 27.3 Å². The molecule has 0 bridgehead atoms. The van der Waals surface area contributed by atoms with Gasteiger partial charge in [-0.1, -0.05) is 46.3 Å². The average Bonchev–Trinajstić information content (AvgIpc) is 2.95. The predicted molar refractivity (Wildman–Crippen MR) is 97.5 cm³/mol. The van der Waals surface area contributed by atoms with Crippen LogP contribution < -0.4 is 5.01 Å². The lowest BCUT2D eigenvalue weighted by Gasteiger charge is -2.28. The fourth-order valence-corrected chi connectivity index (χ4v) is 2.95. The summed E-state index contributed by atoms with van der Waals surface area (Å²) in [5.74, 6) is 0.902. The minimum absolute atomic E-state index is 0.166. The lowest BCUT2D eigenvalue weighted by Crippen LogP contribution is -2.40. The molecule has 1 atom stereocenters. The van der Waals surface area contributed by atoms with E-state index >= 15 is 0 Å². The molecule has 2 aliphatic rings. The predicted octanol–water partition coefficient (Wildman–Crippen LogP) is 4.20. The van der Waals surface area contributed by atoms with Crippen molar-refractivity contribution >= 4 is 33.2 Å². The van der Waals surface area contributed by atoms with Crippen molar-refractivity contribution in [2.24, 2.45) is 10.1 Å². The Morgan fingerprint density at radius 2 is 1.74 bits per heavy atom. The number of hydrogen-bond acceptors (Lipinski definition) is 4. The molecule has 0 fully saturated rings. The quantitative estimate of drug-likeness (QED) is 0.797. The summed E-state index contributed by atoms with van der Waals surface area (Å²) in [6.45, 7) is 2.01. The highest BCUT2D eigenvalue weighted by molar-refractivity contribution is 9.10. The lowest BCUT2D eigenvalue weighted by molar-refractivity contribution is 0.430. The Morgan fingerprint density at radius 3 is 2.48 bits per heavy atom. The van der Waals surface area contributed by atoms with Gasteiger partial charge in [-0.15, -0.1) is 5.10 Å². The Labute approximate surface area is 143 Å². The van der Waals surface area contributed by atoms with Gasteiger partial charge >= 0.3 is 0 Å².